The quantitative estimate of drug-likeness (QED) is 0.218. The summed E-state index contributed by atoms with van der Waals surface area (Å²) in [5, 5.41) is 7.78. The van der Waals surface area contributed by atoms with Crippen LogP contribution in [-0.4, -0.2) is 33.0 Å². The number of hydrogen-bond acceptors (Lipinski definition) is 1. The molecular weight excluding hydrogens is 619 g/mol. The van der Waals surface area contributed by atoms with Crippen LogP contribution in [-0.2, 0) is 21.6 Å². The van der Waals surface area contributed by atoms with Gasteiger partial charge in [0.15, 0.2) is 0 Å². The van der Waals surface area contributed by atoms with Crippen LogP contribution in [0, 0.1) is 29.6 Å². The van der Waals surface area contributed by atoms with Gasteiger partial charge in [-0.1, -0.05) is 62.8 Å². The van der Waals surface area contributed by atoms with Crippen molar-refractivity contribution in [1.29, 1.82) is 0 Å². The smallest absolute Gasteiger partial charge is 0.0149 e. The van der Waals surface area contributed by atoms with Gasteiger partial charge in [-0.15, -0.1) is 0 Å². The molecule has 3 fully saturated rings. The first-order chi connectivity index (χ1) is 20.1. The number of rotatable bonds is 6. The second-order valence-electron chi connectivity index (χ2n) is 17.2. The van der Waals surface area contributed by atoms with Crippen molar-refractivity contribution in [2.75, 3.05) is 0 Å². The summed E-state index contributed by atoms with van der Waals surface area (Å²) in [4.78, 5) is 13.6. The fourth-order valence-corrected chi connectivity index (χ4v) is 18.6. The first-order valence-corrected chi connectivity index (χ1v) is 30.0. The molecule has 2 nitrogen and oxygen atoms in total. The van der Waals surface area contributed by atoms with Gasteiger partial charge in [0.05, 0.1) is 16.1 Å². The van der Waals surface area contributed by atoms with Crippen molar-refractivity contribution in [3.05, 3.63) is 47.9 Å². The summed E-state index contributed by atoms with van der Waals surface area (Å²) in [6.07, 6.45) is 29.6. The van der Waals surface area contributed by atoms with Gasteiger partial charge in [-0.05, 0) is 11.0 Å². The van der Waals surface area contributed by atoms with E-state index >= 15 is 0 Å². The van der Waals surface area contributed by atoms with Crippen molar-refractivity contribution < 1.29 is 21.6 Å². The van der Waals surface area contributed by atoms with Gasteiger partial charge in [0.25, 0.3) is 0 Å². The molecule has 0 heterocycles. The summed E-state index contributed by atoms with van der Waals surface area (Å²) in [6.45, 7) is 22.4. The van der Waals surface area contributed by atoms with Crippen LogP contribution in [0.2, 0.25) is 54.0 Å². The van der Waals surface area contributed by atoms with Crippen molar-refractivity contribution in [3.63, 3.8) is 0 Å². The minimum absolute atomic E-state index is 0. The van der Waals surface area contributed by atoms with Crippen molar-refractivity contribution in [3.8, 4) is 0 Å². The number of hydrogen-bond donors (Lipinski definition) is 1. The molecule has 1 N–H and O–H groups in total. The molecule has 1 amide bonds. The van der Waals surface area contributed by atoms with E-state index in [1.54, 1.807) is 0 Å². The number of fused-ring (bicyclic) bond motifs is 3. The maximum absolute atomic E-state index is 13.6. The number of allylic oxidation sites excluding steroid dienone is 6. The van der Waals surface area contributed by atoms with E-state index in [-0.39, 0.29) is 16.9 Å². The Labute approximate surface area is 284 Å². The Morgan fingerprint density at radius 1 is 0.636 bits per heavy atom. The molecule has 252 valence electrons. The third-order valence-electron chi connectivity index (χ3n) is 11.4. The number of carbonyl (C=O) groups excluding carboxylic acids is 1. The molecule has 0 aromatic carbocycles. The predicted octanol–water partition coefficient (Wildman–Crippen LogP) is 10.6. The zero-order valence-corrected chi connectivity index (χ0v) is 33.3. The molecule has 0 radical (unpaired) electrons. The zero-order chi connectivity index (χ0) is 31.8. The van der Waals surface area contributed by atoms with Crippen LogP contribution in [0.3, 0.4) is 0 Å². The van der Waals surface area contributed by atoms with E-state index in [1.165, 1.54) is 93.9 Å². The molecule has 44 heavy (non-hydrogen) atoms. The first kappa shape index (κ1) is 40.0. The summed E-state index contributed by atoms with van der Waals surface area (Å²) in [7, 11) is -2.39. The number of amides is 1. The van der Waals surface area contributed by atoms with E-state index in [0.29, 0.717) is 11.8 Å². The fourth-order valence-electron chi connectivity index (χ4n) is 8.68. The molecule has 4 aliphatic rings. The maximum Gasteiger partial charge on any atom is -0.0149 e. The summed E-state index contributed by atoms with van der Waals surface area (Å²) in [5.41, 5.74) is 0. The molecule has 4 aliphatic carbocycles. The molecule has 0 aliphatic heterocycles. The van der Waals surface area contributed by atoms with Crippen LogP contribution < -0.4 is 3.80 Å². The molecule has 5 atom stereocenters. The Morgan fingerprint density at radius 2 is 1.02 bits per heavy atom. The molecular formula is C38H73NOSi3Ti. The average Bonchev–Trinajstić information content (AvgIpc) is 3.27. The first-order valence-electron chi connectivity index (χ1n) is 18.2. The van der Waals surface area contributed by atoms with Crippen molar-refractivity contribution in [1.82, 2.24) is 3.80 Å². The minimum Gasteiger partial charge on any atom is -0.0149 e. The SMILES string of the molecule is C=C(C(=C)[Si](C)(C)C)[Si](C)(C)C.[CH3][Ti]([CH3])([NH]C(=O)C1CCCCCCCCCCC1)[CH]1C2C=CC=CC2C2CCCCC21.[SiH4]. The van der Waals surface area contributed by atoms with E-state index in [0.717, 1.165) is 34.8 Å². The number of nitrogens with one attached hydrogen (secondary N) is 1. The molecule has 6 heteroatoms. The topological polar surface area (TPSA) is 29.1 Å². The fraction of sp³-hybridized carbons (Fsp3) is 0.763. The van der Waals surface area contributed by atoms with Gasteiger partial charge < -0.3 is 0 Å². The van der Waals surface area contributed by atoms with Gasteiger partial charge in [0.2, 0.25) is 0 Å². The molecule has 0 bridgehead atoms. The second kappa shape index (κ2) is 17.8. The average molecular weight is 692 g/mol. The number of carbonyl (C=O) groups is 1. The van der Waals surface area contributed by atoms with E-state index in [4.69, 9.17) is 0 Å². The molecule has 0 aromatic rings. The van der Waals surface area contributed by atoms with Crippen LogP contribution in [0.5, 0.6) is 0 Å². The van der Waals surface area contributed by atoms with E-state index in [1.807, 2.05) is 0 Å². The van der Waals surface area contributed by atoms with Gasteiger partial charge in [-0.3, -0.25) is 0 Å². The van der Waals surface area contributed by atoms with Crippen LogP contribution >= 0.6 is 0 Å². The second-order valence-corrected chi connectivity index (χ2v) is 34.2. The van der Waals surface area contributed by atoms with E-state index in [2.05, 4.69) is 91.0 Å². The summed E-state index contributed by atoms with van der Waals surface area (Å²) in [6, 6.07) is 0. The van der Waals surface area contributed by atoms with Gasteiger partial charge >= 0.3 is 196 Å². The predicted molar refractivity (Wildman–Crippen MR) is 205 cm³/mol. The molecule has 0 spiro atoms. The Bertz CT molecular complexity index is 969. The van der Waals surface area contributed by atoms with Crippen LogP contribution in [0.25, 0.3) is 0 Å². The van der Waals surface area contributed by atoms with Crippen LogP contribution in [0.4, 0.5) is 0 Å². The van der Waals surface area contributed by atoms with Crippen LogP contribution in [0.1, 0.15) is 96.3 Å². The molecule has 3 saturated carbocycles. The van der Waals surface area contributed by atoms with E-state index < -0.39 is 33.0 Å². The normalized spacial score (nSPS) is 28.5. The van der Waals surface area contributed by atoms with Gasteiger partial charge in [0, 0.05) is 0 Å². The van der Waals surface area contributed by atoms with Crippen LogP contribution in [0.15, 0.2) is 47.9 Å². The minimum atomic E-state index is -2.50. The summed E-state index contributed by atoms with van der Waals surface area (Å²) < 4.78 is 4.59. The maximum atomic E-state index is 13.6. The largest absolute Gasteiger partial charge is 0.0149 e. The Balaban J connectivity index is 0.000000444. The van der Waals surface area contributed by atoms with E-state index in [9.17, 15) is 4.79 Å². The summed E-state index contributed by atoms with van der Waals surface area (Å²) >= 11 is -2.50. The summed E-state index contributed by atoms with van der Waals surface area (Å²) in [5.74, 6) is 3.85. The Kier molecular flexibility index (Phi) is 16.2. The molecule has 0 aromatic heterocycles. The van der Waals surface area contributed by atoms with Gasteiger partial charge in [-0.2, -0.15) is 0 Å². The monoisotopic (exact) mass is 691 g/mol. The Hall–Kier alpha value is -0.205. The molecule has 4 rings (SSSR count). The Morgan fingerprint density at radius 3 is 1.48 bits per heavy atom. The van der Waals surface area contributed by atoms with Crippen molar-refractivity contribution >= 4 is 33.0 Å². The third kappa shape index (κ3) is 11.2. The molecule has 0 saturated heterocycles. The van der Waals surface area contributed by atoms with Gasteiger partial charge in [0.1, 0.15) is 0 Å². The third-order valence-corrected chi connectivity index (χ3v) is 21.1. The standard InChI is InChI=1S/C13H25NO.C13H17.C10H22Si2.2CH3.H4Si.Ti/c14-13(15)12-10-8-6-4-2-1-3-5-7-9-11-12;1-3-7-12-10(5-1)9-11-6-2-4-8-13(11)12;1-9(11(3,4)5)10(2)12(6,7)8;;;;/h12H,1-11H2,(H2,14,15);1,3,5,7,9-13H,2,4,6,8H2;1-2H2,3-8H3;2*1H3;1H4;/q;;;;;;+1/p-1. The van der Waals surface area contributed by atoms with Gasteiger partial charge in [-0.25, -0.2) is 0 Å². The zero-order valence-electron chi connectivity index (χ0n) is 29.7. The van der Waals surface area contributed by atoms with Crippen molar-refractivity contribution in [2.45, 2.75) is 150 Å². The molecule has 5 unspecified atom stereocenters. The van der Waals surface area contributed by atoms with Crippen molar-refractivity contribution in [2.24, 2.45) is 29.6 Å².